The number of unbranched alkanes of at least 4 members (excludes halogenated alkanes) is 10. The minimum Gasteiger partial charge on any atom is -0.481 e. The van der Waals surface area contributed by atoms with Crippen LogP contribution in [0.5, 0.6) is 0 Å². The van der Waals surface area contributed by atoms with Crippen LogP contribution in [0.25, 0.3) is 0 Å². The lowest BCUT2D eigenvalue weighted by atomic mass is 9.93. The van der Waals surface area contributed by atoms with E-state index in [-0.39, 0.29) is 0 Å². The summed E-state index contributed by atoms with van der Waals surface area (Å²) in [4.78, 5) is 11.1. The molecule has 0 amide bonds. The van der Waals surface area contributed by atoms with E-state index in [1.807, 2.05) is 6.92 Å². The van der Waals surface area contributed by atoms with Gasteiger partial charge in [-0.2, -0.15) is 0 Å². The molecule has 0 aliphatic rings. The average Bonchev–Trinajstić information content (AvgIpc) is 2.54. The number of aliphatic hydroxyl groups excluding tert-OH is 1. The van der Waals surface area contributed by atoms with E-state index < -0.39 is 18.0 Å². The number of hydrogen-bond donors (Lipinski definition) is 2. The Morgan fingerprint density at radius 2 is 1.12 bits per heavy atom. The zero-order valence-corrected chi connectivity index (χ0v) is 16.4. The van der Waals surface area contributed by atoms with Crippen LogP contribution in [0.15, 0.2) is 0 Å². The summed E-state index contributed by atoms with van der Waals surface area (Å²) in [6.45, 7) is 6.44. The fourth-order valence-corrected chi connectivity index (χ4v) is 3.27. The van der Waals surface area contributed by atoms with Crippen LogP contribution in [0, 0.1) is 11.8 Å². The number of carboxylic acid groups (broad SMARTS) is 1. The molecule has 0 aliphatic heterocycles. The molecule has 2 unspecified atom stereocenters. The fourth-order valence-electron chi connectivity index (χ4n) is 3.27. The van der Waals surface area contributed by atoms with Crippen LogP contribution >= 0.6 is 0 Å². The Morgan fingerprint density at radius 3 is 1.46 bits per heavy atom. The summed E-state index contributed by atoms with van der Waals surface area (Å²) in [6, 6.07) is 0. The summed E-state index contributed by atoms with van der Waals surface area (Å²) < 4.78 is 0. The lowest BCUT2D eigenvalue weighted by Gasteiger charge is -2.17. The molecule has 0 rings (SSSR count). The smallest absolute Gasteiger partial charge is 0.309 e. The van der Waals surface area contributed by atoms with Gasteiger partial charge in [-0.05, 0) is 18.8 Å². The summed E-state index contributed by atoms with van der Waals surface area (Å²) in [6.07, 6.45) is 15.9. The fraction of sp³-hybridized carbons (Fsp3) is 0.952. The minimum absolute atomic E-state index is 0.522. The Labute approximate surface area is 150 Å². The first kappa shape index (κ1) is 23.4. The molecule has 3 nitrogen and oxygen atoms in total. The van der Waals surface area contributed by atoms with E-state index in [0.717, 1.165) is 18.8 Å². The molecular weight excluding hydrogens is 300 g/mol. The van der Waals surface area contributed by atoms with Gasteiger partial charge in [-0.15, -0.1) is 0 Å². The van der Waals surface area contributed by atoms with Crippen molar-refractivity contribution in [1.82, 2.24) is 0 Å². The lowest BCUT2D eigenvalue weighted by Crippen LogP contribution is -2.27. The highest BCUT2D eigenvalue weighted by atomic mass is 16.4. The Bertz CT molecular complexity index is 289. The van der Waals surface area contributed by atoms with Gasteiger partial charge in [0.2, 0.25) is 0 Å². The van der Waals surface area contributed by atoms with E-state index in [1.54, 1.807) is 0 Å². The van der Waals surface area contributed by atoms with Crippen LogP contribution in [0.4, 0.5) is 0 Å². The molecule has 2 N–H and O–H groups in total. The van der Waals surface area contributed by atoms with Gasteiger partial charge in [0.15, 0.2) is 0 Å². The highest BCUT2D eigenvalue weighted by molar-refractivity contribution is 5.70. The van der Waals surface area contributed by atoms with Crippen LogP contribution in [0.2, 0.25) is 0 Å². The van der Waals surface area contributed by atoms with Crippen molar-refractivity contribution in [3.8, 4) is 0 Å². The van der Waals surface area contributed by atoms with Crippen LogP contribution in [-0.4, -0.2) is 22.3 Å². The van der Waals surface area contributed by atoms with Crippen molar-refractivity contribution >= 4 is 5.97 Å². The van der Waals surface area contributed by atoms with Gasteiger partial charge >= 0.3 is 5.97 Å². The first-order valence-corrected chi connectivity index (χ1v) is 10.4. The largest absolute Gasteiger partial charge is 0.481 e. The minimum atomic E-state index is -0.849. The molecule has 0 bridgehead atoms. The topological polar surface area (TPSA) is 57.5 Å². The third-order valence-electron chi connectivity index (χ3n) is 5.00. The van der Waals surface area contributed by atoms with Gasteiger partial charge in [-0.3, -0.25) is 4.79 Å². The maximum absolute atomic E-state index is 11.1. The van der Waals surface area contributed by atoms with Gasteiger partial charge in [-0.25, -0.2) is 0 Å². The Morgan fingerprint density at radius 1 is 0.750 bits per heavy atom. The Hall–Kier alpha value is -0.570. The number of carboxylic acids is 1. The molecule has 0 heterocycles. The standard InChI is InChI=1S/C21H42O3/c1-4-20(22)19(21(23)24)17-15-13-11-9-7-5-6-8-10-12-14-16-18(2)3/h18-20,22H,4-17H2,1-3H3,(H,23,24). The number of aliphatic hydroxyl groups is 1. The van der Waals surface area contributed by atoms with Gasteiger partial charge in [0.25, 0.3) is 0 Å². The van der Waals surface area contributed by atoms with E-state index >= 15 is 0 Å². The summed E-state index contributed by atoms with van der Waals surface area (Å²) in [7, 11) is 0. The van der Waals surface area contributed by atoms with Crippen molar-refractivity contribution in [2.75, 3.05) is 0 Å². The molecule has 0 aromatic carbocycles. The first-order chi connectivity index (χ1) is 11.5. The third-order valence-corrected chi connectivity index (χ3v) is 5.00. The van der Waals surface area contributed by atoms with E-state index in [9.17, 15) is 9.90 Å². The maximum Gasteiger partial charge on any atom is 0.309 e. The van der Waals surface area contributed by atoms with Gasteiger partial charge < -0.3 is 10.2 Å². The van der Waals surface area contributed by atoms with Crippen LogP contribution in [0.1, 0.15) is 111 Å². The van der Waals surface area contributed by atoms with Crippen LogP contribution in [0.3, 0.4) is 0 Å². The molecule has 0 saturated heterocycles. The van der Waals surface area contributed by atoms with E-state index in [1.165, 1.54) is 64.2 Å². The first-order valence-electron chi connectivity index (χ1n) is 10.4. The second-order valence-corrected chi connectivity index (χ2v) is 7.78. The zero-order chi connectivity index (χ0) is 18.2. The predicted octanol–water partition coefficient (Wildman–Crippen LogP) is 6.19. The normalized spacial score (nSPS) is 14.0. The van der Waals surface area contributed by atoms with Crippen LogP contribution in [-0.2, 0) is 4.79 Å². The summed E-state index contributed by atoms with van der Waals surface area (Å²) in [5, 5.41) is 18.8. The monoisotopic (exact) mass is 342 g/mol. The molecule has 0 aromatic rings. The second-order valence-electron chi connectivity index (χ2n) is 7.78. The zero-order valence-electron chi connectivity index (χ0n) is 16.4. The quantitative estimate of drug-likeness (QED) is 0.310. The Balaban J connectivity index is 3.34. The molecular formula is C21H42O3. The summed E-state index contributed by atoms with van der Waals surface area (Å²) >= 11 is 0. The third kappa shape index (κ3) is 13.8. The van der Waals surface area contributed by atoms with Crippen molar-refractivity contribution in [2.45, 2.75) is 117 Å². The van der Waals surface area contributed by atoms with Crippen molar-refractivity contribution in [2.24, 2.45) is 11.8 Å². The number of carbonyl (C=O) groups is 1. The van der Waals surface area contributed by atoms with Gasteiger partial charge in [0.05, 0.1) is 12.0 Å². The molecule has 0 radical (unpaired) electrons. The van der Waals surface area contributed by atoms with Crippen molar-refractivity contribution in [1.29, 1.82) is 0 Å². The molecule has 2 atom stereocenters. The number of aliphatic carboxylic acids is 1. The molecule has 144 valence electrons. The maximum atomic E-state index is 11.1. The molecule has 0 spiro atoms. The highest BCUT2D eigenvalue weighted by Crippen LogP contribution is 2.18. The lowest BCUT2D eigenvalue weighted by molar-refractivity contribution is -0.146. The molecule has 3 heteroatoms. The number of rotatable bonds is 17. The SMILES string of the molecule is CCC(O)C(CCCCCCCCCCCCCC(C)C)C(=O)O. The molecule has 0 fully saturated rings. The summed E-state index contributed by atoms with van der Waals surface area (Å²) in [5.41, 5.74) is 0. The van der Waals surface area contributed by atoms with Crippen molar-refractivity contribution in [3.05, 3.63) is 0 Å². The van der Waals surface area contributed by atoms with Crippen molar-refractivity contribution in [3.63, 3.8) is 0 Å². The molecule has 24 heavy (non-hydrogen) atoms. The molecule has 0 aliphatic carbocycles. The predicted molar refractivity (Wildman–Crippen MR) is 102 cm³/mol. The van der Waals surface area contributed by atoms with Gasteiger partial charge in [-0.1, -0.05) is 97.8 Å². The summed E-state index contributed by atoms with van der Waals surface area (Å²) in [5.74, 6) is -0.579. The second kappa shape index (κ2) is 15.9. The van der Waals surface area contributed by atoms with E-state index in [4.69, 9.17) is 5.11 Å². The average molecular weight is 343 g/mol. The van der Waals surface area contributed by atoms with Gasteiger partial charge in [0.1, 0.15) is 0 Å². The van der Waals surface area contributed by atoms with Crippen molar-refractivity contribution < 1.29 is 15.0 Å². The van der Waals surface area contributed by atoms with Crippen LogP contribution < -0.4 is 0 Å². The Kier molecular flexibility index (Phi) is 15.6. The van der Waals surface area contributed by atoms with Gasteiger partial charge in [0, 0.05) is 0 Å². The molecule has 0 aromatic heterocycles. The van der Waals surface area contributed by atoms with E-state index in [0.29, 0.717) is 12.8 Å². The molecule has 0 saturated carbocycles. The number of hydrogen-bond acceptors (Lipinski definition) is 2. The highest BCUT2D eigenvalue weighted by Gasteiger charge is 2.24. The van der Waals surface area contributed by atoms with E-state index in [2.05, 4.69) is 13.8 Å².